The van der Waals surface area contributed by atoms with Crippen LogP contribution in [0, 0.1) is 21.2 Å². The molecule has 0 saturated carbocycles. The Morgan fingerprint density at radius 2 is 1.80 bits per heavy atom. The zero-order chi connectivity index (χ0) is 39.9. The van der Waals surface area contributed by atoms with E-state index >= 15 is 4.79 Å². The van der Waals surface area contributed by atoms with Gasteiger partial charge < -0.3 is 15.0 Å². The number of hydrogen-bond acceptors (Lipinski definition) is 5. The van der Waals surface area contributed by atoms with E-state index in [-0.39, 0.29) is 41.6 Å². The Balaban J connectivity index is 1.47. The third-order valence-corrected chi connectivity index (χ3v) is 11.4. The van der Waals surface area contributed by atoms with Crippen LogP contribution in [-0.4, -0.2) is 57.8 Å². The summed E-state index contributed by atoms with van der Waals surface area (Å²) < 4.78 is 21.8. The zero-order valence-electron chi connectivity index (χ0n) is 33.0. The quantitative estimate of drug-likeness (QED) is 0.118. The summed E-state index contributed by atoms with van der Waals surface area (Å²) in [6, 6.07) is 16.0. The predicted octanol–water partition coefficient (Wildman–Crippen LogP) is 10.3. The van der Waals surface area contributed by atoms with Gasteiger partial charge in [-0.25, -0.2) is 9.18 Å². The standard InChI is InChI=1S/C44H54ClFIN5O3/c1-8-55-38-26-39(43(3,4)5)48-27-36(38)41(50-44(6,7)32-15-17-33(45)18-16-32)52(28-31-13-19-34(47)20-14-31)42(54)51-23-21-30(22-24-51)25-40(53)49-29(2)35-11-9-10-12-37(35)46/h9-15,17-20,26-27,29-30,32H,8,16,21-25,28H2,1-7H3,(H,49,53)/t29-,32?/m0/s1. The van der Waals surface area contributed by atoms with Gasteiger partial charge in [-0.05, 0) is 105 Å². The number of pyridine rings is 1. The molecule has 1 unspecified atom stereocenters. The van der Waals surface area contributed by atoms with Crippen molar-refractivity contribution in [3.63, 3.8) is 0 Å². The lowest BCUT2D eigenvalue weighted by Crippen LogP contribution is -2.50. The van der Waals surface area contributed by atoms with Crippen LogP contribution in [0.25, 0.3) is 0 Å². The van der Waals surface area contributed by atoms with Crippen molar-refractivity contribution in [2.24, 2.45) is 16.8 Å². The SMILES string of the molecule is CCOc1cc(C(C)(C)C)ncc1C(=NC(C)(C)C1C=CC(Cl)=CC1)N(Cc1ccc(I)cc1)C(=O)N1CCC(CC(=O)N[C@@H](C)c2ccccc2F)CC1. The van der Waals surface area contributed by atoms with E-state index in [0.29, 0.717) is 73.1 Å². The van der Waals surface area contributed by atoms with Crippen molar-refractivity contribution in [1.82, 2.24) is 20.1 Å². The molecule has 294 valence electrons. The summed E-state index contributed by atoms with van der Waals surface area (Å²) in [5, 5.41) is 3.66. The van der Waals surface area contributed by atoms with Crippen molar-refractivity contribution in [3.8, 4) is 5.75 Å². The molecule has 1 fully saturated rings. The molecule has 11 heteroatoms. The van der Waals surface area contributed by atoms with Gasteiger partial charge in [-0.1, -0.05) is 74.9 Å². The number of hydrogen-bond donors (Lipinski definition) is 1. The molecule has 3 aromatic rings. The number of benzene rings is 2. The monoisotopic (exact) mass is 881 g/mol. The van der Waals surface area contributed by atoms with E-state index in [1.807, 2.05) is 54.3 Å². The fourth-order valence-electron chi connectivity index (χ4n) is 7.00. The van der Waals surface area contributed by atoms with E-state index in [4.69, 9.17) is 26.3 Å². The van der Waals surface area contributed by atoms with Crippen LogP contribution in [0.1, 0.15) is 103 Å². The highest BCUT2D eigenvalue weighted by atomic mass is 127. The van der Waals surface area contributed by atoms with Crippen molar-refractivity contribution in [1.29, 1.82) is 0 Å². The molecule has 2 heterocycles. The summed E-state index contributed by atoms with van der Waals surface area (Å²) in [7, 11) is 0. The molecule has 1 aliphatic heterocycles. The number of carbonyl (C=O) groups is 2. The second kappa shape index (κ2) is 18.4. The zero-order valence-corrected chi connectivity index (χ0v) is 36.0. The van der Waals surface area contributed by atoms with Crippen LogP contribution in [0.3, 0.4) is 0 Å². The first-order chi connectivity index (χ1) is 26.0. The Morgan fingerprint density at radius 1 is 1.11 bits per heavy atom. The fraction of sp³-hybridized carbons (Fsp3) is 0.455. The maximum absolute atomic E-state index is 15.0. The fourth-order valence-corrected chi connectivity index (χ4v) is 7.52. The average molecular weight is 882 g/mol. The number of aromatic nitrogens is 1. The van der Waals surface area contributed by atoms with Crippen LogP contribution in [0.15, 0.2) is 89.0 Å². The van der Waals surface area contributed by atoms with Gasteiger partial charge in [-0.2, -0.15) is 0 Å². The number of piperidine rings is 1. The number of aliphatic imine (C=N–C) groups is 1. The highest BCUT2D eigenvalue weighted by Crippen LogP contribution is 2.35. The first kappa shape index (κ1) is 42.4. The molecule has 0 radical (unpaired) electrons. The molecular weight excluding hydrogens is 828 g/mol. The summed E-state index contributed by atoms with van der Waals surface area (Å²) in [6.07, 6.45) is 10.2. The number of amides is 3. The van der Waals surface area contributed by atoms with Crippen LogP contribution >= 0.6 is 34.2 Å². The predicted molar refractivity (Wildman–Crippen MR) is 228 cm³/mol. The Kier molecular flexibility index (Phi) is 14.2. The minimum Gasteiger partial charge on any atom is -0.493 e. The number of rotatable bonds is 11. The van der Waals surface area contributed by atoms with Gasteiger partial charge in [0.2, 0.25) is 5.91 Å². The van der Waals surface area contributed by atoms with Gasteiger partial charge in [0.1, 0.15) is 17.4 Å². The van der Waals surface area contributed by atoms with E-state index in [1.54, 1.807) is 36.2 Å². The first-order valence-electron chi connectivity index (χ1n) is 19.2. The van der Waals surface area contributed by atoms with Crippen LogP contribution in [0.4, 0.5) is 9.18 Å². The molecule has 0 bridgehead atoms. The Morgan fingerprint density at radius 3 is 2.42 bits per heavy atom. The van der Waals surface area contributed by atoms with Crippen molar-refractivity contribution >= 4 is 52.0 Å². The molecule has 0 spiro atoms. The molecule has 2 aliphatic rings. The van der Waals surface area contributed by atoms with Gasteiger partial charge in [0, 0.05) is 63.0 Å². The third kappa shape index (κ3) is 11.2. The number of likely N-dealkylation sites (tertiary alicyclic amines) is 1. The molecule has 1 aliphatic carbocycles. The molecule has 1 saturated heterocycles. The Labute approximate surface area is 344 Å². The van der Waals surface area contributed by atoms with Gasteiger partial charge >= 0.3 is 6.03 Å². The van der Waals surface area contributed by atoms with E-state index in [1.165, 1.54) is 6.07 Å². The van der Waals surface area contributed by atoms with Crippen LogP contribution < -0.4 is 10.1 Å². The van der Waals surface area contributed by atoms with Gasteiger partial charge in [0.15, 0.2) is 0 Å². The summed E-state index contributed by atoms with van der Waals surface area (Å²) in [6.45, 7) is 15.9. The number of nitrogens with zero attached hydrogens (tertiary/aromatic N) is 4. The van der Waals surface area contributed by atoms with E-state index < -0.39 is 11.6 Å². The number of halogens is 3. The largest absolute Gasteiger partial charge is 0.493 e. The highest BCUT2D eigenvalue weighted by Gasteiger charge is 2.36. The molecule has 1 aromatic heterocycles. The summed E-state index contributed by atoms with van der Waals surface area (Å²) >= 11 is 8.62. The normalized spacial score (nSPS) is 17.4. The minimum absolute atomic E-state index is 0.0283. The number of carbonyl (C=O) groups excluding carboxylic acids is 2. The number of amidine groups is 1. The molecule has 5 rings (SSSR count). The maximum atomic E-state index is 15.0. The van der Waals surface area contributed by atoms with Crippen molar-refractivity contribution in [2.45, 2.75) is 97.7 Å². The number of nitrogens with one attached hydrogen (secondary N) is 1. The van der Waals surface area contributed by atoms with E-state index in [2.05, 4.69) is 68.6 Å². The van der Waals surface area contributed by atoms with Crippen LogP contribution in [-0.2, 0) is 16.8 Å². The van der Waals surface area contributed by atoms with Gasteiger partial charge in [0.05, 0.1) is 30.3 Å². The number of allylic oxidation sites excluding steroid dienone is 3. The maximum Gasteiger partial charge on any atom is 0.325 e. The molecule has 3 amide bonds. The second-order valence-corrected chi connectivity index (χ2v) is 17.8. The third-order valence-electron chi connectivity index (χ3n) is 10.4. The minimum atomic E-state index is -0.642. The Hall–Kier alpha value is -3.77. The van der Waals surface area contributed by atoms with Crippen LogP contribution in [0.2, 0.25) is 0 Å². The number of urea groups is 1. The molecule has 2 aromatic carbocycles. The smallest absolute Gasteiger partial charge is 0.325 e. The van der Waals surface area contributed by atoms with Gasteiger partial charge in [-0.3, -0.25) is 19.7 Å². The van der Waals surface area contributed by atoms with Crippen molar-refractivity contribution < 1.29 is 18.7 Å². The molecular formula is C44H54ClFIN5O3. The second-order valence-electron chi connectivity index (χ2n) is 16.1. The Bertz CT molecular complexity index is 1910. The van der Waals surface area contributed by atoms with E-state index in [9.17, 15) is 9.18 Å². The molecule has 8 nitrogen and oxygen atoms in total. The lowest BCUT2D eigenvalue weighted by Gasteiger charge is -2.38. The lowest BCUT2D eigenvalue weighted by molar-refractivity contribution is -0.123. The van der Waals surface area contributed by atoms with Gasteiger partial charge in [-0.15, -0.1) is 0 Å². The average Bonchev–Trinajstić information content (AvgIpc) is 3.14. The summed E-state index contributed by atoms with van der Waals surface area (Å²) in [4.78, 5) is 42.1. The van der Waals surface area contributed by atoms with Crippen molar-refractivity contribution in [3.05, 3.63) is 116 Å². The van der Waals surface area contributed by atoms with Gasteiger partial charge in [0.25, 0.3) is 0 Å². The number of ether oxygens (including phenoxy) is 1. The first-order valence-corrected chi connectivity index (χ1v) is 20.6. The van der Waals surface area contributed by atoms with Crippen LogP contribution in [0.5, 0.6) is 5.75 Å². The molecule has 1 N–H and O–H groups in total. The molecule has 2 atom stereocenters. The van der Waals surface area contributed by atoms with E-state index in [0.717, 1.165) is 14.8 Å². The van der Waals surface area contributed by atoms with Crippen molar-refractivity contribution in [2.75, 3.05) is 19.7 Å². The highest BCUT2D eigenvalue weighted by molar-refractivity contribution is 14.1. The summed E-state index contributed by atoms with van der Waals surface area (Å²) in [5.41, 5.74) is 2.06. The lowest BCUT2D eigenvalue weighted by atomic mass is 9.83. The molecule has 55 heavy (non-hydrogen) atoms. The topological polar surface area (TPSA) is 87.1 Å². The summed E-state index contributed by atoms with van der Waals surface area (Å²) in [5.74, 6) is 0.761.